The molecule has 4 nitrogen and oxygen atoms in total. The number of nitriles is 1. The first-order valence-electron chi connectivity index (χ1n) is 6.21. The van der Waals surface area contributed by atoms with Crippen LogP contribution in [0.3, 0.4) is 0 Å². The molecule has 18 heavy (non-hydrogen) atoms. The van der Waals surface area contributed by atoms with E-state index in [-0.39, 0.29) is 11.3 Å². The standard InChI is InChI=1S/C13H17N3OS/c1-2-4-13(5-6-15-9-13)12(17)16-11-10(8-14)3-7-18-11/h3,7,15H,2,4-6,9H2,1H3,(H,16,17). The monoisotopic (exact) mass is 263 g/mol. The van der Waals surface area contributed by atoms with E-state index in [0.717, 1.165) is 32.4 Å². The van der Waals surface area contributed by atoms with E-state index >= 15 is 0 Å². The zero-order valence-electron chi connectivity index (χ0n) is 10.5. The van der Waals surface area contributed by atoms with Crippen LogP contribution in [0, 0.1) is 16.7 Å². The Kier molecular flexibility index (Phi) is 4.00. The molecule has 2 heterocycles. The van der Waals surface area contributed by atoms with Gasteiger partial charge < -0.3 is 10.6 Å². The van der Waals surface area contributed by atoms with Crippen LogP contribution in [-0.2, 0) is 4.79 Å². The highest BCUT2D eigenvalue weighted by molar-refractivity contribution is 7.14. The molecule has 2 N–H and O–H groups in total. The molecule has 0 saturated carbocycles. The van der Waals surface area contributed by atoms with Crippen molar-refractivity contribution in [1.82, 2.24) is 5.32 Å². The Labute approximate surface area is 111 Å². The van der Waals surface area contributed by atoms with Crippen molar-refractivity contribution in [2.45, 2.75) is 26.2 Å². The first-order valence-corrected chi connectivity index (χ1v) is 7.09. The minimum Gasteiger partial charge on any atom is -0.316 e. The van der Waals surface area contributed by atoms with Gasteiger partial charge in [0.15, 0.2) is 0 Å². The molecule has 1 unspecified atom stereocenters. The summed E-state index contributed by atoms with van der Waals surface area (Å²) >= 11 is 1.40. The van der Waals surface area contributed by atoms with Crippen molar-refractivity contribution in [3.8, 4) is 6.07 Å². The minimum absolute atomic E-state index is 0.0494. The molecule has 0 bridgehead atoms. The molecule has 1 aromatic heterocycles. The summed E-state index contributed by atoms with van der Waals surface area (Å²) in [5.41, 5.74) is 0.247. The minimum atomic E-state index is -0.300. The molecule has 1 amide bonds. The Bertz CT molecular complexity index is 469. The number of nitrogens with zero attached hydrogens (tertiary/aromatic N) is 1. The number of hydrogen-bond donors (Lipinski definition) is 2. The number of amides is 1. The molecule has 1 fully saturated rings. The van der Waals surface area contributed by atoms with Gasteiger partial charge in [-0.25, -0.2) is 0 Å². The summed E-state index contributed by atoms with van der Waals surface area (Å²) in [6.07, 6.45) is 2.75. The number of nitrogens with one attached hydrogen (secondary N) is 2. The third-order valence-corrected chi connectivity index (χ3v) is 4.30. The number of carbonyl (C=O) groups is 1. The molecule has 96 valence electrons. The summed E-state index contributed by atoms with van der Waals surface area (Å²) < 4.78 is 0. The van der Waals surface area contributed by atoms with Gasteiger partial charge in [-0.15, -0.1) is 11.3 Å². The molecular formula is C13H17N3OS. The van der Waals surface area contributed by atoms with E-state index in [1.54, 1.807) is 6.07 Å². The van der Waals surface area contributed by atoms with Gasteiger partial charge in [0, 0.05) is 6.54 Å². The second-order valence-corrected chi connectivity index (χ2v) is 5.60. The van der Waals surface area contributed by atoms with Crippen LogP contribution in [0.2, 0.25) is 0 Å². The summed E-state index contributed by atoms with van der Waals surface area (Å²) in [6.45, 7) is 3.72. The normalized spacial score (nSPS) is 22.7. The van der Waals surface area contributed by atoms with Gasteiger partial charge >= 0.3 is 0 Å². The molecule has 1 atom stereocenters. The van der Waals surface area contributed by atoms with Crippen LogP contribution >= 0.6 is 11.3 Å². The average Bonchev–Trinajstić information content (AvgIpc) is 2.99. The van der Waals surface area contributed by atoms with Crippen LogP contribution < -0.4 is 10.6 Å². The number of thiophene rings is 1. The van der Waals surface area contributed by atoms with E-state index in [9.17, 15) is 4.79 Å². The van der Waals surface area contributed by atoms with Crippen molar-refractivity contribution in [2.75, 3.05) is 18.4 Å². The molecule has 0 aromatic carbocycles. The Morgan fingerprint density at radius 2 is 2.56 bits per heavy atom. The van der Waals surface area contributed by atoms with Gasteiger partial charge in [-0.1, -0.05) is 13.3 Å². The Morgan fingerprint density at radius 3 is 3.17 bits per heavy atom. The second-order valence-electron chi connectivity index (χ2n) is 4.69. The van der Waals surface area contributed by atoms with Crippen LogP contribution in [0.4, 0.5) is 5.00 Å². The molecule has 0 spiro atoms. The lowest BCUT2D eigenvalue weighted by molar-refractivity contribution is -0.125. The van der Waals surface area contributed by atoms with Crippen LogP contribution in [0.1, 0.15) is 31.7 Å². The van der Waals surface area contributed by atoms with Crippen molar-refractivity contribution in [1.29, 1.82) is 5.26 Å². The topological polar surface area (TPSA) is 64.9 Å². The third kappa shape index (κ3) is 2.40. The summed E-state index contributed by atoms with van der Waals surface area (Å²) in [7, 11) is 0. The van der Waals surface area contributed by atoms with Gasteiger partial charge in [0.05, 0.1) is 11.0 Å². The number of anilines is 1. The van der Waals surface area contributed by atoms with Crippen LogP contribution in [0.5, 0.6) is 0 Å². The lowest BCUT2D eigenvalue weighted by atomic mass is 9.81. The fourth-order valence-electron chi connectivity index (χ4n) is 2.47. The van der Waals surface area contributed by atoms with Crippen LogP contribution in [0.25, 0.3) is 0 Å². The molecule has 1 aromatic rings. The van der Waals surface area contributed by atoms with Gasteiger partial charge in [-0.2, -0.15) is 5.26 Å². The first kappa shape index (κ1) is 13.1. The number of carbonyl (C=O) groups excluding carboxylic acids is 1. The maximum atomic E-state index is 12.4. The van der Waals surface area contributed by atoms with Crippen LogP contribution in [0.15, 0.2) is 11.4 Å². The van der Waals surface area contributed by atoms with E-state index in [2.05, 4.69) is 23.6 Å². The molecule has 0 radical (unpaired) electrons. The van der Waals surface area contributed by atoms with Gasteiger partial charge in [0.25, 0.3) is 0 Å². The number of rotatable bonds is 4. The number of hydrogen-bond acceptors (Lipinski definition) is 4. The van der Waals surface area contributed by atoms with E-state index in [1.165, 1.54) is 11.3 Å². The summed E-state index contributed by atoms with van der Waals surface area (Å²) in [5.74, 6) is 0.0494. The zero-order chi connectivity index (χ0) is 13.0. The maximum absolute atomic E-state index is 12.4. The molecule has 2 rings (SSSR count). The van der Waals surface area contributed by atoms with Gasteiger partial charge in [-0.3, -0.25) is 4.79 Å². The molecule has 1 saturated heterocycles. The summed E-state index contributed by atoms with van der Waals surface area (Å²) in [6, 6.07) is 3.83. The smallest absolute Gasteiger partial charge is 0.232 e. The van der Waals surface area contributed by atoms with E-state index < -0.39 is 0 Å². The highest BCUT2D eigenvalue weighted by Gasteiger charge is 2.40. The highest BCUT2D eigenvalue weighted by atomic mass is 32.1. The Balaban J connectivity index is 2.13. The van der Waals surface area contributed by atoms with Crippen LogP contribution in [-0.4, -0.2) is 19.0 Å². The van der Waals surface area contributed by atoms with Crippen molar-refractivity contribution >= 4 is 22.2 Å². The predicted molar refractivity (Wildman–Crippen MR) is 72.5 cm³/mol. The molecule has 1 aliphatic rings. The summed E-state index contributed by atoms with van der Waals surface area (Å²) in [4.78, 5) is 12.4. The average molecular weight is 263 g/mol. The fourth-order valence-corrected chi connectivity index (χ4v) is 3.21. The fraction of sp³-hybridized carbons (Fsp3) is 0.538. The molecule has 5 heteroatoms. The molecular weight excluding hydrogens is 246 g/mol. The SMILES string of the molecule is CCCC1(C(=O)Nc2sccc2C#N)CCNC1. The lowest BCUT2D eigenvalue weighted by Crippen LogP contribution is -2.38. The maximum Gasteiger partial charge on any atom is 0.232 e. The van der Waals surface area contributed by atoms with E-state index in [1.807, 2.05) is 5.38 Å². The van der Waals surface area contributed by atoms with Crippen molar-refractivity contribution in [3.05, 3.63) is 17.0 Å². The first-order chi connectivity index (χ1) is 8.72. The summed E-state index contributed by atoms with van der Waals surface area (Å²) in [5, 5.41) is 17.6. The Hall–Kier alpha value is -1.38. The highest BCUT2D eigenvalue weighted by Crippen LogP contribution is 2.34. The molecule has 1 aliphatic heterocycles. The lowest BCUT2D eigenvalue weighted by Gasteiger charge is -2.26. The quantitative estimate of drug-likeness (QED) is 0.876. The van der Waals surface area contributed by atoms with Gasteiger partial charge in [-0.05, 0) is 30.8 Å². The second kappa shape index (κ2) is 5.51. The van der Waals surface area contributed by atoms with Crippen molar-refractivity contribution < 1.29 is 4.79 Å². The van der Waals surface area contributed by atoms with E-state index in [4.69, 9.17) is 5.26 Å². The Morgan fingerprint density at radius 1 is 1.72 bits per heavy atom. The third-order valence-electron chi connectivity index (χ3n) is 3.47. The van der Waals surface area contributed by atoms with Crippen molar-refractivity contribution in [2.24, 2.45) is 5.41 Å². The van der Waals surface area contributed by atoms with E-state index in [0.29, 0.717) is 10.6 Å². The van der Waals surface area contributed by atoms with Crippen molar-refractivity contribution in [3.63, 3.8) is 0 Å². The zero-order valence-corrected chi connectivity index (χ0v) is 11.3. The molecule has 0 aliphatic carbocycles. The largest absolute Gasteiger partial charge is 0.316 e. The van der Waals surface area contributed by atoms with Gasteiger partial charge in [0.2, 0.25) is 5.91 Å². The predicted octanol–water partition coefficient (Wildman–Crippen LogP) is 2.34. The van der Waals surface area contributed by atoms with Gasteiger partial charge in [0.1, 0.15) is 11.1 Å².